The third-order valence-electron chi connectivity index (χ3n) is 3.87. The molecule has 1 saturated carbocycles. The van der Waals surface area contributed by atoms with Crippen LogP contribution in [-0.4, -0.2) is 16.9 Å². The number of rotatable bonds is 2. The van der Waals surface area contributed by atoms with Crippen LogP contribution in [0.5, 0.6) is 0 Å². The number of carbonyl (C=O) groups is 2. The van der Waals surface area contributed by atoms with Crippen LogP contribution in [0.4, 0.5) is 0 Å². The van der Waals surface area contributed by atoms with Crippen LogP contribution in [0.2, 0.25) is 0 Å². The van der Waals surface area contributed by atoms with Crippen molar-refractivity contribution in [3.8, 4) is 0 Å². The van der Waals surface area contributed by atoms with Crippen LogP contribution < -0.4 is 10.6 Å². The Kier molecular flexibility index (Phi) is 2.97. The van der Waals surface area contributed by atoms with E-state index in [0.29, 0.717) is 6.42 Å². The SMILES string of the molecule is CCC1(C2CCCC2)C(=O)NC(=S)NC1=O. The lowest BCUT2D eigenvalue weighted by Gasteiger charge is -2.38. The first-order chi connectivity index (χ1) is 7.61. The molecular formula is C11H16N2O2S. The molecule has 2 rings (SSSR count). The van der Waals surface area contributed by atoms with Gasteiger partial charge in [-0.25, -0.2) is 0 Å². The molecule has 0 atom stereocenters. The third-order valence-corrected chi connectivity index (χ3v) is 4.08. The molecule has 1 heterocycles. The normalized spacial score (nSPS) is 25.4. The number of nitrogens with one attached hydrogen (secondary N) is 2. The molecule has 0 spiro atoms. The Morgan fingerprint density at radius 1 is 1.25 bits per heavy atom. The molecule has 1 aliphatic heterocycles. The maximum atomic E-state index is 12.1. The molecule has 0 bridgehead atoms. The van der Waals surface area contributed by atoms with Gasteiger partial charge in [-0.3, -0.25) is 9.59 Å². The van der Waals surface area contributed by atoms with E-state index in [0.717, 1.165) is 25.7 Å². The Morgan fingerprint density at radius 2 is 1.75 bits per heavy atom. The first-order valence-electron chi connectivity index (χ1n) is 5.78. The fourth-order valence-electron chi connectivity index (χ4n) is 2.96. The summed E-state index contributed by atoms with van der Waals surface area (Å²) < 4.78 is 0. The number of hydrogen-bond acceptors (Lipinski definition) is 3. The number of amides is 2. The van der Waals surface area contributed by atoms with E-state index >= 15 is 0 Å². The predicted octanol–water partition coefficient (Wildman–Crippen LogP) is 1.10. The second-order valence-electron chi connectivity index (χ2n) is 4.54. The van der Waals surface area contributed by atoms with E-state index in [9.17, 15) is 9.59 Å². The second kappa shape index (κ2) is 4.13. The number of hydrogen-bond donors (Lipinski definition) is 2. The quantitative estimate of drug-likeness (QED) is 0.561. The second-order valence-corrected chi connectivity index (χ2v) is 4.95. The predicted molar refractivity (Wildman–Crippen MR) is 63.6 cm³/mol. The van der Waals surface area contributed by atoms with Gasteiger partial charge in [0.2, 0.25) is 11.8 Å². The van der Waals surface area contributed by atoms with Crippen molar-refractivity contribution in [2.24, 2.45) is 11.3 Å². The molecular weight excluding hydrogens is 224 g/mol. The molecule has 0 unspecified atom stereocenters. The van der Waals surface area contributed by atoms with Gasteiger partial charge in [0.15, 0.2) is 5.11 Å². The van der Waals surface area contributed by atoms with Crippen LogP contribution in [0.1, 0.15) is 39.0 Å². The fraction of sp³-hybridized carbons (Fsp3) is 0.727. The average molecular weight is 240 g/mol. The molecule has 2 N–H and O–H groups in total. The zero-order chi connectivity index (χ0) is 11.8. The molecule has 0 aromatic rings. The fourth-order valence-corrected chi connectivity index (χ4v) is 3.15. The minimum Gasteiger partial charge on any atom is -0.302 e. The maximum absolute atomic E-state index is 12.1. The van der Waals surface area contributed by atoms with Gasteiger partial charge < -0.3 is 10.6 Å². The van der Waals surface area contributed by atoms with Gasteiger partial charge in [0, 0.05) is 0 Å². The Bertz CT molecular complexity index is 328. The summed E-state index contributed by atoms with van der Waals surface area (Å²) in [5.74, 6) is -0.257. The summed E-state index contributed by atoms with van der Waals surface area (Å²) in [4.78, 5) is 24.2. The highest BCUT2D eigenvalue weighted by Crippen LogP contribution is 2.43. The molecule has 2 aliphatic rings. The lowest BCUT2D eigenvalue weighted by molar-refractivity contribution is -0.148. The van der Waals surface area contributed by atoms with Gasteiger partial charge in [0.25, 0.3) is 0 Å². The minimum atomic E-state index is -0.890. The van der Waals surface area contributed by atoms with Crippen molar-refractivity contribution in [3.63, 3.8) is 0 Å². The zero-order valence-electron chi connectivity index (χ0n) is 9.34. The molecule has 5 heteroatoms. The van der Waals surface area contributed by atoms with Gasteiger partial charge in [-0.15, -0.1) is 0 Å². The van der Waals surface area contributed by atoms with Gasteiger partial charge >= 0.3 is 0 Å². The number of thiocarbonyl (C=S) groups is 1. The average Bonchev–Trinajstić information content (AvgIpc) is 2.71. The first kappa shape index (κ1) is 11.5. The first-order valence-corrected chi connectivity index (χ1v) is 6.19. The highest BCUT2D eigenvalue weighted by atomic mass is 32.1. The van der Waals surface area contributed by atoms with Crippen molar-refractivity contribution in [1.29, 1.82) is 0 Å². The molecule has 1 aliphatic carbocycles. The van der Waals surface area contributed by atoms with Crippen molar-refractivity contribution in [1.82, 2.24) is 10.6 Å². The Morgan fingerprint density at radius 3 is 2.19 bits per heavy atom. The van der Waals surface area contributed by atoms with Crippen LogP contribution in [0.15, 0.2) is 0 Å². The highest BCUT2D eigenvalue weighted by Gasteiger charge is 2.53. The Hall–Kier alpha value is -0.970. The molecule has 0 aromatic heterocycles. The van der Waals surface area contributed by atoms with Gasteiger partial charge in [-0.2, -0.15) is 0 Å². The monoisotopic (exact) mass is 240 g/mol. The molecule has 4 nitrogen and oxygen atoms in total. The van der Waals surface area contributed by atoms with E-state index in [1.54, 1.807) is 0 Å². The maximum Gasteiger partial charge on any atom is 0.242 e. The number of carbonyl (C=O) groups excluding carboxylic acids is 2. The van der Waals surface area contributed by atoms with Crippen molar-refractivity contribution in [2.75, 3.05) is 0 Å². The van der Waals surface area contributed by atoms with Crippen molar-refractivity contribution >= 4 is 29.1 Å². The van der Waals surface area contributed by atoms with Crippen LogP contribution >= 0.6 is 12.2 Å². The van der Waals surface area contributed by atoms with Crippen LogP contribution in [0, 0.1) is 11.3 Å². The van der Waals surface area contributed by atoms with E-state index in [4.69, 9.17) is 12.2 Å². The van der Waals surface area contributed by atoms with Gasteiger partial charge in [-0.05, 0) is 37.4 Å². The Labute approximate surface area is 100 Å². The van der Waals surface area contributed by atoms with E-state index in [1.807, 2.05) is 6.92 Å². The van der Waals surface area contributed by atoms with E-state index in [-0.39, 0.29) is 22.8 Å². The highest BCUT2D eigenvalue weighted by molar-refractivity contribution is 7.80. The molecule has 0 aromatic carbocycles. The zero-order valence-corrected chi connectivity index (χ0v) is 10.2. The van der Waals surface area contributed by atoms with E-state index < -0.39 is 5.41 Å². The van der Waals surface area contributed by atoms with Crippen molar-refractivity contribution in [2.45, 2.75) is 39.0 Å². The van der Waals surface area contributed by atoms with Crippen LogP contribution in [-0.2, 0) is 9.59 Å². The smallest absolute Gasteiger partial charge is 0.242 e. The molecule has 88 valence electrons. The molecule has 0 radical (unpaired) electrons. The lowest BCUT2D eigenvalue weighted by Crippen LogP contribution is -2.64. The van der Waals surface area contributed by atoms with Crippen molar-refractivity contribution < 1.29 is 9.59 Å². The topological polar surface area (TPSA) is 58.2 Å². The molecule has 2 fully saturated rings. The largest absolute Gasteiger partial charge is 0.302 e. The van der Waals surface area contributed by atoms with E-state index in [1.165, 1.54) is 0 Å². The summed E-state index contributed by atoms with van der Waals surface area (Å²) in [6.45, 7) is 1.89. The summed E-state index contributed by atoms with van der Waals surface area (Å²) in [6.07, 6.45) is 4.68. The minimum absolute atomic E-state index is 0.136. The third kappa shape index (κ3) is 1.54. The molecule has 1 saturated heterocycles. The summed E-state index contributed by atoms with van der Waals surface area (Å²) >= 11 is 4.82. The van der Waals surface area contributed by atoms with Gasteiger partial charge in [-0.1, -0.05) is 19.8 Å². The summed E-state index contributed by atoms with van der Waals surface area (Å²) in [7, 11) is 0. The summed E-state index contributed by atoms with van der Waals surface area (Å²) in [6, 6.07) is 0. The van der Waals surface area contributed by atoms with Gasteiger partial charge in [0.05, 0.1) is 0 Å². The van der Waals surface area contributed by atoms with Crippen LogP contribution in [0.25, 0.3) is 0 Å². The standard InChI is InChI=1S/C11H16N2O2S/c1-2-11(7-5-3-4-6-7)8(14)12-10(16)13-9(11)15/h7H,2-6H2,1H3,(H2,12,13,14,15,16). The van der Waals surface area contributed by atoms with Gasteiger partial charge in [0.1, 0.15) is 5.41 Å². The van der Waals surface area contributed by atoms with Crippen LogP contribution in [0.3, 0.4) is 0 Å². The lowest BCUT2D eigenvalue weighted by atomic mass is 9.70. The molecule has 2 amide bonds. The Balaban J connectivity index is 2.33. The summed E-state index contributed by atoms with van der Waals surface area (Å²) in [5.41, 5.74) is -0.890. The van der Waals surface area contributed by atoms with E-state index in [2.05, 4.69) is 10.6 Å². The molecule has 16 heavy (non-hydrogen) atoms. The summed E-state index contributed by atoms with van der Waals surface area (Å²) in [5, 5.41) is 5.31. The van der Waals surface area contributed by atoms with Crippen molar-refractivity contribution in [3.05, 3.63) is 0 Å².